The molecule has 1 rings (SSSR count). The van der Waals surface area contributed by atoms with Crippen molar-refractivity contribution in [1.82, 2.24) is 0 Å². The summed E-state index contributed by atoms with van der Waals surface area (Å²) in [6.07, 6.45) is 0.637. The fraction of sp³-hybridized carbons (Fsp3) is 0.455. The fourth-order valence-corrected chi connectivity index (χ4v) is 1.59. The van der Waals surface area contributed by atoms with Gasteiger partial charge in [0.15, 0.2) is 0 Å². The summed E-state index contributed by atoms with van der Waals surface area (Å²) in [6.45, 7) is 4.67. The van der Waals surface area contributed by atoms with Crippen LogP contribution < -0.4 is 4.74 Å². The maximum Gasteiger partial charge on any atom is 0.138 e. The molecule has 0 radical (unpaired) electrons. The van der Waals surface area contributed by atoms with E-state index < -0.39 is 0 Å². The molecule has 0 aliphatic heterocycles. The number of benzene rings is 1. The van der Waals surface area contributed by atoms with Crippen molar-refractivity contribution in [2.24, 2.45) is 0 Å². The molecule has 1 aromatic rings. The highest BCUT2D eigenvalue weighted by atomic mass is 35.5. The van der Waals surface area contributed by atoms with Crippen molar-refractivity contribution >= 4 is 11.6 Å². The number of rotatable bonds is 4. The molecular formula is C11H15ClO2. The maximum atomic E-state index is 8.83. The van der Waals surface area contributed by atoms with Gasteiger partial charge in [0, 0.05) is 6.61 Å². The van der Waals surface area contributed by atoms with Crippen LogP contribution in [0, 0.1) is 6.92 Å². The van der Waals surface area contributed by atoms with Crippen LogP contribution in [-0.4, -0.2) is 18.3 Å². The Morgan fingerprint density at radius 3 is 2.71 bits per heavy atom. The molecule has 0 unspecified atom stereocenters. The highest BCUT2D eigenvalue weighted by Gasteiger charge is 2.05. The van der Waals surface area contributed by atoms with Crippen molar-refractivity contribution in [2.45, 2.75) is 20.3 Å². The van der Waals surface area contributed by atoms with E-state index in [0.29, 0.717) is 23.8 Å². The fourth-order valence-electron chi connectivity index (χ4n) is 1.35. The quantitative estimate of drug-likeness (QED) is 0.835. The number of ether oxygens (including phenoxy) is 1. The first-order chi connectivity index (χ1) is 6.69. The lowest BCUT2D eigenvalue weighted by molar-refractivity contribution is 0.299. The molecule has 0 atom stereocenters. The molecule has 1 N–H and O–H groups in total. The number of halogens is 1. The van der Waals surface area contributed by atoms with E-state index in [2.05, 4.69) is 0 Å². The Kier molecular flexibility index (Phi) is 4.23. The molecule has 14 heavy (non-hydrogen) atoms. The lowest BCUT2D eigenvalue weighted by Crippen LogP contribution is -1.98. The van der Waals surface area contributed by atoms with Gasteiger partial charge >= 0.3 is 0 Å². The summed E-state index contributed by atoms with van der Waals surface area (Å²) in [4.78, 5) is 0. The van der Waals surface area contributed by atoms with Crippen molar-refractivity contribution in [3.8, 4) is 5.75 Å². The van der Waals surface area contributed by atoms with E-state index in [1.54, 1.807) is 0 Å². The van der Waals surface area contributed by atoms with Gasteiger partial charge in [-0.05, 0) is 43.5 Å². The maximum absolute atomic E-state index is 8.83. The topological polar surface area (TPSA) is 29.5 Å². The Labute approximate surface area is 89.5 Å². The SMILES string of the molecule is CCOc1cc(C)c(CCO)cc1Cl. The van der Waals surface area contributed by atoms with E-state index >= 15 is 0 Å². The van der Waals surface area contributed by atoms with Crippen molar-refractivity contribution in [3.63, 3.8) is 0 Å². The number of hydrogen-bond donors (Lipinski definition) is 1. The van der Waals surface area contributed by atoms with Gasteiger partial charge in [-0.1, -0.05) is 11.6 Å². The van der Waals surface area contributed by atoms with Crippen molar-refractivity contribution in [3.05, 3.63) is 28.3 Å². The highest BCUT2D eigenvalue weighted by molar-refractivity contribution is 6.32. The molecule has 0 saturated carbocycles. The lowest BCUT2D eigenvalue weighted by atomic mass is 10.1. The van der Waals surface area contributed by atoms with Crippen LogP contribution in [-0.2, 0) is 6.42 Å². The molecule has 2 nitrogen and oxygen atoms in total. The Bertz CT molecular complexity index is 279. The third-order valence-electron chi connectivity index (χ3n) is 2.07. The summed E-state index contributed by atoms with van der Waals surface area (Å²) >= 11 is 6.01. The first-order valence-electron chi connectivity index (χ1n) is 4.71. The molecule has 0 bridgehead atoms. The van der Waals surface area contributed by atoms with Crippen molar-refractivity contribution < 1.29 is 9.84 Å². The monoisotopic (exact) mass is 214 g/mol. The van der Waals surface area contributed by atoms with Crippen LogP contribution in [0.5, 0.6) is 5.75 Å². The van der Waals surface area contributed by atoms with E-state index in [1.807, 2.05) is 26.0 Å². The molecule has 0 aromatic heterocycles. The zero-order valence-electron chi connectivity index (χ0n) is 8.51. The molecule has 0 fully saturated rings. The van der Waals surface area contributed by atoms with Gasteiger partial charge in [-0.3, -0.25) is 0 Å². The highest BCUT2D eigenvalue weighted by Crippen LogP contribution is 2.28. The molecular weight excluding hydrogens is 200 g/mol. The first-order valence-corrected chi connectivity index (χ1v) is 5.09. The van der Waals surface area contributed by atoms with Gasteiger partial charge in [0.05, 0.1) is 11.6 Å². The van der Waals surface area contributed by atoms with E-state index in [1.165, 1.54) is 0 Å². The van der Waals surface area contributed by atoms with E-state index in [9.17, 15) is 0 Å². The van der Waals surface area contributed by atoms with Gasteiger partial charge in [-0.15, -0.1) is 0 Å². The average molecular weight is 215 g/mol. The van der Waals surface area contributed by atoms with Crippen LogP contribution >= 0.6 is 11.6 Å². The summed E-state index contributed by atoms with van der Waals surface area (Å²) in [5.74, 6) is 0.716. The van der Waals surface area contributed by atoms with Crippen LogP contribution in [0.25, 0.3) is 0 Å². The summed E-state index contributed by atoms with van der Waals surface area (Å²) in [7, 11) is 0. The number of hydrogen-bond acceptors (Lipinski definition) is 2. The second kappa shape index (κ2) is 5.23. The Hall–Kier alpha value is -0.730. The van der Waals surface area contributed by atoms with Gasteiger partial charge in [-0.25, -0.2) is 0 Å². The standard InChI is InChI=1S/C11H15ClO2/c1-3-14-11-6-8(2)9(4-5-13)7-10(11)12/h6-7,13H,3-5H2,1-2H3. The van der Waals surface area contributed by atoms with Crippen molar-refractivity contribution in [2.75, 3.05) is 13.2 Å². The zero-order valence-corrected chi connectivity index (χ0v) is 9.27. The Balaban J connectivity index is 2.97. The molecule has 0 heterocycles. The largest absolute Gasteiger partial charge is 0.492 e. The number of aliphatic hydroxyl groups excluding tert-OH is 1. The van der Waals surface area contributed by atoms with Crippen LogP contribution in [0.15, 0.2) is 12.1 Å². The van der Waals surface area contributed by atoms with Crippen molar-refractivity contribution in [1.29, 1.82) is 0 Å². The van der Waals surface area contributed by atoms with E-state index in [0.717, 1.165) is 11.1 Å². The Morgan fingerprint density at radius 2 is 2.14 bits per heavy atom. The molecule has 0 spiro atoms. The summed E-state index contributed by atoms with van der Waals surface area (Å²) in [6, 6.07) is 3.77. The zero-order chi connectivity index (χ0) is 10.6. The predicted octanol–water partition coefficient (Wildman–Crippen LogP) is 2.58. The normalized spacial score (nSPS) is 10.3. The first kappa shape index (κ1) is 11.3. The second-order valence-electron chi connectivity index (χ2n) is 3.12. The third kappa shape index (κ3) is 2.63. The molecule has 1 aromatic carbocycles. The average Bonchev–Trinajstić information content (AvgIpc) is 2.14. The van der Waals surface area contributed by atoms with Gasteiger partial charge in [0.2, 0.25) is 0 Å². The summed E-state index contributed by atoms with van der Waals surface area (Å²) < 4.78 is 5.36. The van der Waals surface area contributed by atoms with Gasteiger partial charge < -0.3 is 9.84 Å². The van der Waals surface area contributed by atoms with Crippen LogP contribution in [0.1, 0.15) is 18.1 Å². The third-order valence-corrected chi connectivity index (χ3v) is 2.37. The molecule has 3 heteroatoms. The van der Waals surface area contributed by atoms with Crippen LogP contribution in [0.3, 0.4) is 0 Å². The minimum Gasteiger partial charge on any atom is -0.492 e. The molecule has 78 valence electrons. The Morgan fingerprint density at radius 1 is 1.43 bits per heavy atom. The van der Waals surface area contributed by atoms with Crippen LogP contribution in [0.2, 0.25) is 5.02 Å². The van der Waals surface area contributed by atoms with Gasteiger partial charge in [-0.2, -0.15) is 0 Å². The summed E-state index contributed by atoms with van der Waals surface area (Å²) in [5, 5.41) is 9.45. The smallest absolute Gasteiger partial charge is 0.138 e. The minimum atomic E-state index is 0.144. The van der Waals surface area contributed by atoms with Crippen LogP contribution in [0.4, 0.5) is 0 Å². The van der Waals surface area contributed by atoms with Gasteiger partial charge in [0.1, 0.15) is 5.75 Å². The van der Waals surface area contributed by atoms with Gasteiger partial charge in [0.25, 0.3) is 0 Å². The number of aliphatic hydroxyl groups is 1. The molecule has 0 aliphatic rings. The molecule has 0 amide bonds. The lowest BCUT2D eigenvalue weighted by Gasteiger charge is -2.10. The van der Waals surface area contributed by atoms with E-state index in [4.69, 9.17) is 21.4 Å². The van der Waals surface area contributed by atoms with E-state index in [-0.39, 0.29) is 6.61 Å². The molecule has 0 saturated heterocycles. The minimum absolute atomic E-state index is 0.144. The molecule has 0 aliphatic carbocycles. The number of aryl methyl sites for hydroxylation is 1. The predicted molar refractivity (Wildman–Crippen MR) is 58.1 cm³/mol. The summed E-state index contributed by atoms with van der Waals surface area (Å²) in [5.41, 5.74) is 2.17. The second-order valence-corrected chi connectivity index (χ2v) is 3.52.